The van der Waals surface area contributed by atoms with Crippen LogP contribution in [-0.4, -0.2) is 11.1 Å². The topological polar surface area (TPSA) is 22.1 Å². The van der Waals surface area contributed by atoms with Crippen molar-refractivity contribution in [3.63, 3.8) is 0 Å². The molecule has 0 aromatic carbocycles. The molecule has 2 unspecified atom stereocenters. The molecule has 0 spiro atoms. The summed E-state index contributed by atoms with van der Waals surface area (Å²) in [6, 6.07) is 5.90. The smallest absolute Gasteiger partial charge is 0.213 e. The minimum Gasteiger partial charge on any atom is -0.474 e. The Kier molecular flexibility index (Phi) is 5.03. The van der Waals surface area contributed by atoms with Crippen LogP contribution >= 0.6 is 0 Å². The van der Waals surface area contributed by atoms with Gasteiger partial charge in [0.15, 0.2) is 0 Å². The molecule has 1 aromatic rings. The zero-order chi connectivity index (χ0) is 17.3. The summed E-state index contributed by atoms with van der Waals surface area (Å²) in [5, 5.41) is 0. The zero-order valence-electron chi connectivity index (χ0n) is 16.0. The van der Waals surface area contributed by atoms with E-state index in [1.807, 2.05) is 24.4 Å². The summed E-state index contributed by atoms with van der Waals surface area (Å²) in [5.41, 5.74) is 2.00. The molecule has 132 valence electrons. The number of fused-ring (bicyclic) bond motifs is 1. The first kappa shape index (κ1) is 17.5. The highest BCUT2D eigenvalue weighted by Gasteiger charge is 2.48. The van der Waals surface area contributed by atoms with Gasteiger partial charge in [-0.2, -0.15) is 0 Å². The number of nitrogens with zero attached hydrogens (tertiary/aromatic N) is 1. The fourth-order valence-electron chi connectivity index (χ4n) is 5.40. The first-order valence-electron chi connectivity index (χ1n) is 9.69. The van der Waals surface area contributed by atoms with Crippen LogP contribution < -0.4 is 4.74 Å². The second kappa shape index (κ2) is 6.90. The first-order valence-corrected chi connectivity index (χ1v) is 9.69. The molecular weight excluding hydrogens is 294 g/mol. The maximum atomic E-state index is 6.17. The van der Waals surface area contributed by atoms with E-state index in [1.165, 1.54) is 12.8 Å². The number of allylic oxidation sites excluding steroid dienone is 1. The van der Waals surface area contributed by atoms with Crippen molar-refractivity contribution in [3.8, 4) is 5.88 Å². The van der Waals surface area contributed by atoms with Crippen LogP contribution in [0, 0.1) is 29.1 Å². The summed E-state index contributed by atoms with van der Waals surface area (Å²) >= 11 is 0. The van der Waals surface area contributed by atoms with Crippen LogP contribution in [0.4, 0.5) is 0 Å². The van der Waals surface area contributed by atoms with Gasteiger partial charge in [0.05, 0.1) is 0 Å². The van der Waals surface area contributed by atoms with Crippen molar-refractivity contribution in [2.45, 2.75) is 66.4 Å². The number of rotatable bonds is 4. The number of hydrogen-bond acceptors (Lipinski definition) is 2. The third kappa shape index (κ3) is 3.25. The lowest BCUT2D eigenvalue weighted by Gasteiger charge is -2.53. The van der Waals surface area contributed by atoms with Crippen molar-refractivity contribution in [2.75, 3.05) is 0 Å². The lowest BCUT2D eigenvalue weighted by molar-refractivity contribution is 0.0193. The van der Waals surface area contributed by atoms with E-state index in [2.05, 4.69) is 45.7 Å². The minimum atomic E-state index is 0.280. The van der Waals surface area contributed by atoms with E-state index in [1.54, 1.807) is 5.57 Å². The maximum Gasteiger partial charge on any atom is 0.213 e. The van der Waals surface area contributed by atoms with E-state index in [-0.39, 0.29) is 6.10 Å². The second-order valence-corrected chi connectivity index (χ2v) is 8.71. The van der Waals surface area contributed by atoms with Crippen molar-refractivity contribution in [3.05, 3.63) is 36.0 Å². The van der Waals surface area contributed by atoms with Crippen LogP contribution in [-0.2, 0) is 0 Å². The molecule has 1 aromatic heterocycles. The van der Waals surface area contributed by atoms with Gasteiger partial charge in [-0.05, 0) is 54.4 Å². The van der Waals surface area contributed by atoms with Crippen molar-refractivity contribution in [1.82, 2.24) is 4.98 Å². The molecule has 2 aliphatic carbocycles. The average molecular weight is 328 g/mol. The molecule has 2 aliphatic rings. The SMILES string of the molecule is CC(C)C1CC=C2C[C@@H](Oc3ccccn3)CC[C@]2(C)C1C(C)C. The Labute approximate surface area is 147 Å². The van der Waals surface area contributed by atoms with Gasteiger partial charge in [-0.25, -0.2) is 4.98 Å². The second-order valence-electron chi connectivity index (χ2n) is 8.71. The van der Waals surface area contributed by atoms with Crippen LogP contribution in [0.25, 0.3) is 0 Å². The highest BCUT2D eigenvalue weighted by atomic mass is 16.5. The highest BCUT2D eigenvalue weighted by molar-refractivity contribution is 5.24. The monoisotopic (exact) mass is 327 g/mol. The molecule has 0 bridgehead atoms. The van der Waals surface area contributed by atoms with Crippen LogP contribution in [0.2, 0.25) is 0 Å². The fraction of sp³-hybridized carbons (Fsp3) is 0.682. The van der Waals surface area contributed by atoms with E-state index in [0.717, 1.165) is 42.4 Å². The van der Waals surface area contributed by atoms with Crippen molar-refractivity contribution < 1.29 is 4.74 Å². The molecule has 0 radical (unpaired) electrons. The molecule has 2 heteroatoms. The summed E-state index contributed by atoms with van der Waals surface area (Å²) in [7, 11) is 0. The molecule has 0 aliphatic heterocycles. The standard InChI is InChI=1S/C22H33NO/c1-15(2)19-10-9-17-14-18(24-20-8-6-7-13-23-20)11-12-22(17,5)21(19)16(3)4/h6-9,13,15-16,18-19,21H,10-12,14H2,1-5H3/t18-,19?,21?,22-/m0/s1. The molecule has 2 nitrogen and oxygen atoms in total. The first-order chi connectivity index (χ1) is 11.4. The number of pyridine rings is 1. The molecule has 0 N–H and O–H groups in total. The summed E-state index contributed by atoms with van der Waals surface area (Å²) in [6.07, 6.45) is 9.33. The zero-order valence-corrected chi connectivity index (χ0v) is 16.0. The molecule has 1 saturated carbocycles. The Morgan fingerprint density at radius 2 is 1.96 bits per heavy atom. The quantitative estimate of drug-likeness (QED) is 0.643. The Balaban J connectivity index is 1.79. The van der Waals surface area contributed by atoms with Gasteiger partial charge in [-0.1, -0.05) is 52.3 Å². The molecular formula is C22H33NO. The minimum absolute atomic E-state index is 0.280. The van der Waals surface area contributed by atoms with Gasteiger partial charge < -0.3 is 4.74 Å². The van der Waals surface area contributed by atoms with E-state index in [9.17, 15) is 0 Å². The largest absolute Gasteiger partial charge is 0.474 e. The fourth-order valence-corrected chi connectivity index (χ4v) is 5.40. The molecule has 3 rings (SSSR count). The van der Waals surface area contributed by atoms with Gasteiger partial charge in [0.25, 0.3) is 0 Å². The summed E-state index contributed by atoms with van der Waals surface area (Å²) < 4.78 is 6.17. The lowest BCUT2D eigenvalue weighted by Crippen LogP contribution is -2.46. The van der Waals surface area contributed by atoms with Crippen LogP contribution in [0.5, 0.6) is 5.88 Å². The Morgan fingerprint density at radius 1 is 1.17 bits per heavy atom. The van der Waals surface area contributed by atoms with Crippen LogP contribution in [0.1, 0.15) is 60.3 Å². The average Bonchev–Trinajstić information content (AvgIpc) is 2.54. The normalized spacial score (nSPS) is 33.3. The number of ether oxygens (including phenoxy) is 1. The Morgan fingerprint density at radius 3 is 2.58 bits per heavy atom. The third-order valence-corrected chi connectivity index (χ3v) is 6.50. The van der Waals surface area contributed by atoms with Gasteiger partial charge in [0.2, 0.25) is 5.88 Å². The Bertz CT molecular complexity index is 577. The van der Waals surface area contributed by atoms with Crippen LogP contribution in [0.3, 0.4) is 0 Å². The van der Waals surface area contributed by atoms with Crippen molar-refractivity contribution in [2.24, 2.45) is 29.1 Å². The van der Waals surface area contributed by atoms with Gasteiger partial charge in [-0.3, -0.25) is 0 Å². The summed E-state index contributed by atoms with van der Waals surface area (Å²) in [5.74, 6) is 3.86. The van der Waals surface area contributed by atoms with Gasteiger partial charge >= 0.3 is 0 Å². The highest BCUT2D eigenvalue weighted by Crippen LogP contribution is 2.56. The molecule has 4 atom stereocenters. The molecule has 1 fully saturated rings. The predicted octanol–water partition coefficient (Wildman–Crippen LogP) is 5.89. The number of hydrogen-bond donors (Lipinski definition) is 0. The summed E-state index contributed by atoms with van der Waals surface area (Å²) in [4.78, 5) is 4.33. The van der Waals surface area contributed by atoms with Gasteiger partial charge in [0.1, 0.15) is 6.10 Å². The number of aromatic nitrogens is 1. The summed E-state index contributed by atoms with van der Waals surface area (Å²) in [6.45, 7) is 12.2. The van der Waals surface area contributed by atoms with E-state index < -0.39 is 0 Å². The van der Waals surface area contributed by atoms with E-state index in [4.69, 9.17) is 4.74 Å². The molecule has 0 amide bonds. The van der Waals surface area contributed by atoms with E-state index >= 15 is 0 Å². The van der Waals surface area contributed by atoms with Crippen molar-refractivity contribution in [1.29, 1.82) is 0 Å². The third-order valence-electron chi connectivity index (χ3n) is 6.50. The van der Waals surface area contributed by atoms with Gasteiger partial charge in [0, 0.05) is 18.7 Å². The molecule has 1 heterocycles. The maximum absolute atomic E-state index is 6.17. The van der Waals surface area contributed by atoms with Gasteiger partial charge in [-0.15, -0.1) is 0 Å². The van der Waals surface area contributed by atoms with E-state index in [0.29, 0.717) is 5.41 Å². The van der Waals surface area contributed by atoms with Crippen molar-refractivity contribution >= 4 is 0 Å². The molecule has 24 heavy (non-hydrogen) atoms. The Hall–Kier alpha value is -1.31. The van der Waals surface area contributed by atoms with Crippen LogP contribution in [0.15, 0.2) is 36.0 Å². The predicted molar refractivity (Wildman–Crippen MR) is 100.0 cm³/mol. The molecule has 0 saturated heterocycles. The lowest BCUT2D eigenvalue weighted by atomic mass is 9.52.